The molecule has 1 aliphatic heterocycles. The van der Waals surface area contributed by atoms with Crippen LogP contribution in [0.4, 0.5) is 0 Å². The summed E-state index contributed by atoms with van der Waals surface area (Å²) in [6.07, 6.45) is 3.17. The molecule has 0 radical (unpaired) electrons. The molecule has 1 heterocycles. The van der Waals surface area contributed by atoms with Gasteiger partial charge in [0, 0.05) is 19.6 Å². The number of benzene rings is 1. The maximum Gasteiger partial charge on any atom is 0.231 e. The Bertz CT molecular complexity index is 514. The van der Waals surface area contributed by atoms with Gasteiger partial charge >= 0.3 is 0 Å². The molecule has 3 nitrogen and oxygen atoms in total. The van der Waals surface area contributed by atoms with Gasteiger partial charge in [-0.25, -0.2) is 0 Å². The number of hydrogen-bond donors (Lipinski definition) is 1. The van der Waals surface area contributed by atoms with Crippen molar-refractivity contribution in [2.75, 3.05) is 19.6 Å². The molecular weight excluding hydrogens is 260 g/mol. The number of hydrogen-bond acceptors (Lipinski definition) is 2. The number of nitrogens with zero attached hydrogens (tertiary/aromatic N) is 1. The smallest absolute Gasteiger partial charge is 0.231 e. The molecule has 1 unspecified atom stereocenters. The molecule has 1 atom stereocenters. The second-order valence-electron chi connectivity index (χ2n) is 6.71. The van der Waals surface area contributed by atoms with Gasteiger partial charge < -0.3 is 10.6 Å². The normalized spacial score (nSPS) is 17.3. The Labute approximate surface area is 127 Å². The van der Waals surface area contributed by atoms with Crippen LogP contribution in [0.2, 0.25) is 0 Å². The van der Waals surface area contributed by atoms with Crippen molar-refractivity contribution in [1.82, 2.24) is 4.90 Å². The van der Waals surface area contributed by atoms with Crippen LogP contribution in [0.3, 0.4) is 0 Å². The molecule has 1 amide bonds. The van der Waals surface area contributed by atoms with Crippen molar-refractivity contribution in [2.24, 2.45) is 11.1 Å². The summed E-state index contributed by atoms with van der Waals surface area (Å²) in [4.78, 5) is 14.6. The highest BCUT2D eigenvalue weighted by atomic mass is 16.2. The molecule has 1 aliphatic rings. The van der Waals surface area contributed by atoms with Gasteiger partial charge in [0.15, 0.2) is 0 Å². The molecule has 1 aromatic carbocycles. The lowest BCUT2D eigenvalue weighted by Gasteiger charge is -2.34. The third-order valence-electron chi connectivity index (χ3n) is 4.22. The minimum Gasteiger partial charge on any atom is -0.338 e. The van der Waals surface area contributed by atoms with E-state index in [-0.39, 0.29) is 17.2 Å². The van der Waals surface area contributed by atoms with E-state index < -0.39 is 0 Å². The van der Waals surface area contributed by atoms with E-state index >= 15 is 0 Å². The summed E-state index contributed by atoms with van der Waals surface area (Å²) in [6.45, 7) is 8.53. The molecule has 0 bridgehead atoms. The number of amides is 1. The Kier molecular flexibility index (Phi) is 4.84. The van der Waals surface area contributed by atoms with Crippen LogP contribution in [0.15, 0.2) is 42.0 Å². The van der Waals surface area contributed by atoms with Gasteiger partial charge in [-0.05, 0) is 17.4 Å². The van der Waals surface area contributed by atoms with E-state index in [1.807, 2.05) is 35.2 Å². The number of carbonyl (C=O) groups excluding carboxylic acids is 1. The summed E-state index contributed by atoms with van der Waals surface area (Å²) in [7, 11) is 0. The van der Waals surface area contributed by atoms with Gasteiger partial charge in [-0.15, -0.1) is 0 Å². The third kappa shape index (κ3) is 3.73. The molecule has 0 saturated carbocycles. The van der Waals surface area contributed by atoms with Crippen LogP contribution >= 0.6 is 0 Å². The lowest BCUT2D eigenvalue weighted by atomic mass is 9.82. The van der Waals surface area contributed by atoms with Crippen LogP contribution in [0, 0.1) is 5.41 Å². The highest BCUT2D eigenvalue weighted by Gasteiger charge is 2.28. The second-order valence-corrected chi connectivity index (χ2v) is 6.71. The topological polar surface area (TPSA) is 46.3 Å². The lowest BCUT2D eigenvalue weighted by molar-refractivity contribution is -0.132. The predicted molar refractivity (Wildman–Crippen MR) is 87.0 cm³/mol. The molecule has 0 spiro atoms. The van der Waals surface area contributed by atoms with Crippen molar-refractivity contribution >= 4 is 5.91 Å². The highest BCUT2D eigenvalue weighted by molar-refractivity contribution is 5.84. The summed E-state index contributed by atoms with van der Waals surface area (Å²) < 4.78 is 0. The van der Waals surface area contributed by atoms with E-state index in [1.165, 1.54) is 5.57 Å². The maximum atomic E-state index is 12.7. The second kappa shape index (κ2) is 6.44. The van der Waals surface area contributed by atoms with Gasteiger partial charge in [-0.1, -0.05) is 62.8 Å². The van der Waals surface area contributed by atoms with E-state index in [0.29, 0.717) is 13.1 Å². The maximum absolute atomic E-state index is 12.7. The first-order valence-corrected chi connectivity index (χ1v) is 7.67. The van der Waals surface area contributed by atoms with Crippen molar-refractivity contribution in [2.45, 2.75) is 33.1 Å². The van der Waals surface area contributed by atoms with Crippen molar-refractivity contribution in [1.29, 1.82) is 0 Å². The van der Waals surface area contributed by atoms with Gasteiger partial charge in [0.25, 0.3) is 0 Å². The summed E-state index contributed by atoms with van der Waals surface area (Å²) in [5, 5.41) is 0. The summed E-state index contributed by atoms with van der Waals surface area (Å²) in [6, 6.07) is 9.84. The van der Waals surface area contributed by atoms with Gasteiger partial charge in [0.2, 0.25) is 5.91 Å². The Hall–Kier alpha value is -1.61. The van der Waals surface area contributed by atoms with Crippen molar-refractivity contribution in [3.63, 3.8) is 0 Å². The molecule has 114 valence electrons. The minimum absolute atomic E-state index is 0.146. The molecule has 0 fully saturated rings. The Morgan fingerprint density at radius 3 is 2.43 bits per heavy atom. The quantitative estimate of drug-likeness (QED) is 0.868. The van der Waals surface area contributed by atoms with Gasteiger partial charge in [-0.2, -0.15) is 0 Å². The first-order chi connectivity index (χ1) is 9.93. The molecule has 1 aromatic rings. The van der Waals surface area contributed by atoms with Crippen LogP contribution in [0.5, 0.6) is 0 Å². The number of carbonyl (C=O) groups is 1. The standard InChI is InChI=1S/C18H26N2O/c1-18(2,3)15-9-11-20(12-10-15)17(21)16(13-19)14-7-5-4-6-8-14/h4-9,16H,10-13,19H2,1-3H3. The third-order valence-corrected chi connectivity index (χ3v) is 4.22. The Morgan fingerprint density at radius 2 is 1.95 bits per heavy atom. The zero-order valence-corrected chi connectivity index (χ0v) is 13.3. The molecule has 2 rings (SSSR count). The molecule has 3 heteroatoms. The molecule has 0 aromatic heterocycles. The Balaban J connectivity index is 2.09. The van der Waals surface area contributed by atoms with Crippen LogP contribution < -0.4 is 5.73 Å². The minimum atomic E-state index is -0.226. The van der Waals surface area contributed by atoms with E-state index in [9.17, 15) is 4.79 Å². The number of rotatable bonds is 3. The lowest BCUT2D eigenvalue weighted by Crippen LogP contribution is -2.41. The van der Waals surface area contributed by atoms with Crippen LogP contribution in [-0.2, 0) is 4.79 Å². The van der Waals surface area contributed by atoms with Gasteiger partial charge in [-0.3, -0.25) is 4.79 Å². The summed E-state index contributed by atoms with van der Waals surface area (Å²) >= 11 is 0. The SMILES string of the molecule is CC(C)(C)C1=CCN(C(=O)C(CN)c2ccccc2)CC1. The van der Waals surface area contributed by atoms with Crippen LogP contribution in [0.1, 0.15) is 38.7 Å². The zero-order valence-electron chi connectivity index (χ0n) is 13.3. The average Bonchev–Trinajstić information content (AvgIpc) is 2.48. The Morgan fingerprint density at radius 1 is 1.29 bits per heavy atom. The molecule has 0 aliphatic carbocycles. The summed E-state index contributed by atoms with van der Waals surface area (Å²) in [5.74, 6) is -0.0799. The zero-order chi connectivity index (χ0) is 15.5. The van der Waals surface area contributed by atoms with Gasteiger partial charge in [0.05, 0.1) is 5.92 Å². The van der Waals surface area contributed by atoms with E-state index in [2.05, 4.69) is 26.8 Å². The highest BCUT2D eigenvalue weighted by Crippen LogP contribution is 2.30. The van der Waals surface area contributed by atoms with Crippen molar-refractivity contribution < 1.29 is 4.79 Å². The fourth-order valence-corrected chi connectivity index (χ4v) is 2.84. The van der Waals surface area contributed by atoms with E-state index in [0.717, 1.165) is 18.5 Å². The summed E-state index contributed by atoms with van der Waals surface area (Å²) in [5.41, 5.74) is 8.49. The van der Waals surface area contributed by atoms with E-state index in [4.69, 9.17) is 5.73 Å². The molecule has 0 saturated heterocycles. The average molecular weight is 286 g/mol. The monoisotopic (exact) mass is 286 g/mol. The van der Waals surface area contributed by atoms with Crippen molar-refractivity contribution in [3.05, 3.63) is 47.5 Å². The van der Waals surface area contributed by atoms with Gasteiger partial charge in [0.1, 0.15) is 0 Å². The first kappa shape index (κ1) is 15.8. The predicted octanol–water partition coefficient (Wildman–Crippen LogP) is 2.93. The first-order valence-electron chi connectivity index (χ1n) is 7.67. The van der Waals surface area contributed by atoms with Crippen LogP contribution in [0.25, 0.3) is 0 Å². The molecule has 2 N–H and O–H groups in total. The van der Waals surface area contributed by atoms with Crippen molar-refractivity contribution in [3.8, 4) is 0 Å². The molecule has 21 heavy (non-hydrogen) atoms. The van der Waals surface area contributed by atoms with E-state index in [1.54, 1.807) is 0 Å². The molecular formula is C18H26N2O. The van der Waals surface area contributed by atoms with Crippen LogP contribution in [-0.4, -0.2) is 30.4 Å². The fourth-order valence-electron chi connectivity index (χ4n) is 2.84. The fraction of sp³-hybridized carbons (Fsp3) is 0.500. The number of nitrogens with two attached hydrogens (primary N) is 1. The largest absolute Gasteiger partial charge is 0.338 e.